The van der Waals surface area contributed by atoms with Crippen molar-refractivity contribution in [1.82, 2.24) is 0 Å². The van der Waals surface area contributed by atoms with E-state index >= 15 is 0 Å². The van der Waals surface area contributed by atoms with Gasteiger partial charge >= 0.3 is 5.97 Å². The Balaban J connectivity index is 2.68. The van der Waals surface area contributed by atoms with Crippen molar-refractivity contribution in [1.29, 1.82) is 0 Å². The minimum atomic E-state index is -0.809. The molecule has 0 bridgehead atoms. The number of benzene rings is 1. The number of halogens is 1. The first-order valence-electron chi connectivity index (χ1n) is 5.24. The fourth-order valence-electron chi connectivity index (χ4n) is 1.44. The molecule has 1 aromatic carbocycles. The summed E-state index contributed by atoms with van der Waals surface area (Å²) in [6.07, 6.45) is 0.616. The number of hydrogen-bond acceptors (Lipinski definition) is 2. The average molecular weight is 286 g/mol. The van der Waals surface area contributed by atoms with E-state index in [-0.39, 0.29) is 0 Å². The van der Waals surface area contributed by atoms with Crippen LogP contribution in [0.4, 0.5) is 5.69 Å². The normalized spacial score (nSPS) is 12.5. The van der Waals surface area contributed by atoms with Gasteiger partial charge < -0.3 is 10.4 Å². The van der Waals surface area contributed by atoms with Gasteiger partial charge in [0, 0.05) is 10.2 Å². The predicted octanol–water partition coefficient (Wildman–Crippen LogP) is 3.36. The monoisotopic (exact) mass is 285 g/mol. The lowest BCUT2D eigenvalue weighted by atomic mass is 10.0. The summed E-state index contributed by atoms with van der Waals surface area (Å²) in [6, 6.07) is 6.97. The molecule has 0 spiro atoms. The second-order valence-corrected chi connectivity index (χ2v) is 5.09. The quantitative estimate of drug-likeness (QED) is 0.872. The molecule has 0 aliphatic heterocycles. The van der Waals surface area contributed by atoms with E-state index < -0.39 is 12.0 Å². The molecule has 3 nitrogen and oxygen atoms in total. The van der Waals surface area contributed by atoms with Crippen LogP contribution in [0.5, 0.6) is 0 Å². The fourth-order valence-corrected chi connectivity index (χ4v) is 1.70. The highest BCUT2D eigenvalue weighted by atomic mass is 79.9. The van der Waals surface area contributed by atoms with Crippen molar-refractivity contribution in [2.24, 2.45) is 5.92 Å². The van der Waals surface area contributed by atoms with Gasteiger partial charge in [-0.1, -0.05) is 29.8 Å². The summed E-state index contributed by atoms with van der Waals surface area (Å²) in [5.74, 6) is -0.458. The highest BCUT2D eigenvalue weighted by molar-refractivity contribution is 9.10. The van der Waals surface area contributed by atoms with Crippen molar-refractivity contribution in [2.75, 3.05) is 5.32 Å². The van der Waals surface area contributed by atoms with Crippen molar-refractivity contribution >= 4 is 27.6 Å². The molecule has 1 atom stereocenters. The third-order valence-electron chi connectivity index (χ3n) is 2.19. The van der Waals surface area contributed by atoms with Gasteiger partial charge in [0.1, 0.15) is 6.04 Å². The number of aliphatic carboxylic acids is 1. The summed E-state index contributed by atoms with van der Waals surface area (Å²) in [6.45, 7) is 4.03. The predicted molar refractivity (Wildman–Crippen MR) is 68.6 cm³/mol. The van der Waals surface area contributed by atoms with Crippen molar-refractivity contribution in [3.63, 3.8) is 0 Å². The van der Waals surface area contributed by atoms with E-state index in [0.717, 1.165) is 10.2 Å². The molecule has 0 radical (unpaired) electrons. The maximum absolute atomic E-state index is 11.0. The molecule has 1 rings (SSSR count). The number of carboxylic acids is 1. The molecule has 0 amide bonds. The molecule has 1 aromatic rings. The smallest absolute Gasteiger partial charge is 0.326 e. The molecule has 0 saturated carbocycles. The molecule has 1 unspecified atom stereocenters. The summed E-state index contributed by atoms with van der Waals surface area (Å²) in [5, 5.41) is 12.1. The minimum absolute atomic E-state index is 0.351. The lowest BCUT2D eigenvalue weighted by Gasteiger charge is -2.17. The van der Waals surface area contributed by atoms with E-state index in [1.807, 2.05) is 38.1 Å². The summed E-state index contributed by atoms with van der Waals surface area (Å²) < 4.78 is 0.980. The lowest BCUT2D eigenvalue weighted by molar-refractivity contribution is -0.138. The standard InChI is InChI=1S/C12H16BrNO2/c1-8(2)7-11(12(15)16)14-10-5-3-9(13)4-6-10/h3-6,8,11,14H,7H2,1-2H3,(H,15,16). The van der Waals surface area contributed by atoms with E-state index in [1.165, 1.54) is 0 Å². The van der Waals surface area contributed by atoms with Gasteiger partial charge in [-0.3, -0.25) is 0 Å². The molecule has 0 heterocycles. The van der Waals surface area contributed by atoms with Gasteiger partial charge in [0.25, 0.3) is 0 Å². The van der Waals surface area contributed by atoms with Crippen LogP contribution >= 0.6 is 15.9 Å². The van der Waals surface area contributed by atoms with Crippen LogP contribution in [0.25, 0.3) is 0 Å². The Kier molecular flexibility index (Phi) is 4.80. The number of hydrogen-bond donors (Lipinski definition) is 2. The Morgan fingerprint density at radius 2 is 1.94 bits per heavy atom. The SMILES string of the molecule is CC(C)CC(Nc1ccc(Br)cc1)C(=O)O. The van der Waals surface area contributed by atoms with Crippen LogP contribution in [0.2, 0.25) is 0 Å². The Hall–Kier alpha value is -1.03. The molecule has 2 N–H and O–H groups in total. The summed E-state index contributed by atoms with van der Waals surface area (Å²) in [7, 11) is 0. The lowest BCUT2D eigenvalue weighted by Crippen LogP contribution is -2.30. The van der Waals surface area contributed by atoms with Crippen molar-refractivity contribution in [2.45, 2.75) is 26.3 Å². The Labute approximate surface area is 104 Å². The number of nitrogens with one attached hydrogen (secondary N) is 1. The van der Waals surface area contributed by atoms with E-state index in [4.69, 9.17) is 5.11 Å². The van der Waals surface area contributed by atoms with E-state index in [9.17, 15) is 4.79 Å². The highest BCUT2D eigenvalue weighted by Gasteiger charge is 2.18. The Morgan fingerprint density at radius 1 is 1.38 bits per heavy atom. The maximum Gasteiger partial charge on any atom is 0.326 e. The third-order valence-corrected chi connectivity index (χ3v) is 2.72. The number of rotatable bonds is 5. The number of carboxylic acid groups (broad SMARTS) is 1. The van der Waals surface area contributed by atoms with Crippen LogP contribution in [0.15, 0.2) is 28.7 Å². The molecule has 0 fully saturated rings. The zero-order valence-electron chi connectivity index (χ0n) is 9.40. The van der Waals surface area contributed by atoms with Gasteiger partial charge in [-0.15, -0.1) is 0 Å². The van der Waals surface area contributed by atoms with E-state index in [0.29, 0.717) is 12.3 Å². The van der Waals surface area contributed by atoms with E-state index in [2.05, 4.69) is 21.2 Å². The number of carbonyl (C=O) groups is 1. The summed E-state index contributed by atoms with van der Waals surface area (Å²) >= 11 is 3.34. The van der Waals surface area contributed by atoms with Gasteiger partial charge in [0.05, 0.1) is 0 Å². The molecule has 88 valence electrons. The Bertz CT molecular complexity index is 349. The van der Waals surface area contributed by atoms with Crippen LogP contribution in [0.1, 0.15) is 20.3 Å². The van der Waals surface area contributed by atoms with Crippen molar-refractivity contribution in [3.05, 3.63) is 28.7 Å². The molecule has 0 aliphatic rings. The van der Waals surface area contributed by atoms with Crippen LogP contribution < -0.4 is 5.32 Å². The highest BCUT2D eigenvalue weighted by Crippen LogP contribution is 2.17. The minimum Gasteiger partial charge on any atom is -0.480 e. The average Bonchev–Trinajstić information content (AvgIpc) is 2.19. The largest absolute Gasteiger partial charge is 0.480 e. The van der Waals surface area contributed by atoms with Crippen LogP contribution in [-0.4, -0.2) is 17.1 Å². The first-order chi connectivity index (χ1) is 7.49. The summed E-state index contributed by atoms with van der Waals surface area (Å²) in [4.78, 5) is 11.0. The molecule has 16 heavy (non-hydrogen) atoms. The molecular formula is C12H16BrNO2. The second kappa shape index (κ2) is 5.89. The number of anilines is 1. The van der Waals surface area contributed by atoms with Crippen molar-refractivity contribution < 1.29 is 9.90 Å². The van der Waals surface area contributed by atoms with Crippen LogP contribution in [-0.2, 0) is 4.79 Å². The zero-order chi connectivity index (χ0) is 12.1. The maximum atomic E-state index is 11.0. The van der Waals surface area contributed by atoms with Gasteiger partial charge in [0.2, 0.25) is 0 Å². The molecule has 0 aliphatic carbocycles. The Morgan fingerprint density at radius 3 is 2.38 bits per heavy atom. The van der Waals surface area contributed by atoms with E-state index in [1.54, 1.807) is 0 Å². The van der Waals surface area contributed by atoms with Crippen LogP contribution in [0.3, 0.4) is 0 Å². The summed E-state index contributed by atoms with van der Waals surface area (Å²) in [5.41, 5.74) is 0.830. The van der Waals surface area contributed by atoms with Gasteiger partial charge in [-0.25, -0.2) is 4.79 Å². The second-order valence-electron chi connectivity index (χ2n) is 4.17. The zero-order valence-corrected chi connectivity index (χ0v) is 11.0. The van der Waals surface area contributed by atoms with Crippen molar-refractivity contribution in [3.8, 4) is 0 Å². The molecule has 4 heteroatoms. The van der Waals surface area contributed by atoms with Gasteiger partial charge in [0.15, 0.2) is 0 Å². The molecular weight excluding hydrogens is 270 g/mol. The van der Waals surface area contributed by atoms with Crippen LogP contribution in [0, 0.1) is 5.92 Å². The molecule has 0 aromatic heterocycles. The first kappa shape index (κ1) is 13.0. The van der Waals surface area contributed by atoms with Gasteiger partial charge in [-0.2, -0.15) is 0 Å². The molecule has 0 saturated heterocycles. The fraction of sp³-hybridized carbons (Fsp3) is 0.417. The van der Waals surface area contributed by atoms with Gasteiger partial charge in [-0.05, 0) is 36.6 Å². The topological polar surface area (TPSA) is 49.3 Å². The third kappa shape index (κ3) is 4.23. The first-order valence-corrected chi connectivity index (χ1v) is 6.03.